The maximum atomic E-state index is 13.4. The van der Waals surface area contributed by atoms with Crippen molar-refractivity contribution in [1.82, 2.24) is 5.32 Å². The highest BCUT2D eigenvalue weighted by Gasteiger charge is 2.52. The lowest BCUT2D eigenvalue weighted by Gasteiger charge is -2.28. The molecule has 3 N–H and O–H groups in total. The molecular weight excluding hydrogens is 482 g/mol. The van der Waals surface area contributed by atoms with Crippen molar-refractivity contribution in [3.05, 3.63) is 59.6 Å². The highest BCUT2D eigenvalue weighted by molar-refractivity contribution is 6.00. The van der Waals surface area contributed by atoms with Gasteiger partial charge < -0.3 is 30.2 Å². The molecule has 2 amide bonds. The van der Waals surface area contributed by atoms with Crippen LogP contribution in [0.4, 0.5) is 16.2 Å². The summed E-state index contributed by atoms with van der Waals surface area (Å²) < 4.78 is 16.2. The van der Waals surface area contributed by atoms with Crippen LogP contribution in [0.15, 0.2) is 54.0 Å². The van der Waals surface area contributed by atoms with E-state index >= 15 is 0 Å². The Bertz CT molecular complexity index is 1120. The summed E-state index contributed by atoms with van der Waals surface area (Å²) in [5, 5.41) is 9.49. The molecule has 38 heavy (non-hydrogen) atoms. The predicted octanol–water partition coefficient (Wildman–Crippen LogP) is 6.28. The van der Waals surface area contributed by atoms with Crippen LogP contribution >= 0.6 is 0 Å². The molecule has 1 aliphatic carbocycles. The molecule has 0 aromatic heterocycles. The molecule has 1 fully saturated rings. The van der Waals surface area contributed by atoms with Crippen LogP contribution < -0.4 is 16.0 Å². The van der Waals surface area contributed by atoms with Crippen molar-refractivity contribution in [1.29, 1.82) is 0 Å². The van der Waals surface area contributed by atoms with Gasteiger partial charge in [-0.1, -0.05) is 33.4 Å². The number of alkyl carbamates (subject to hydrolysis) is 1. The molecule has 208 valence electrons. The molecule has 0 atom stereocenters. The van der Waals surface area contributed by atoms with Gasteiger partial charge in [0.25, 0.3) is 0 Å². The van der Waals surface area contributed by atoms with Gasteiger partial charge in [-0.2, -0.15) is 0 Å². The molecule has 0 saturated heterocycles. The summed E-state index contributed by atoms with van der Waals surface area (Å²) in [4.78, 5) is 25.4. The van der Waals surface area contributed by atoms with Crippen molar-refractivity contribution in [3.63, 3.8) is 0 Å². The second kappa shape index (κ2) is 11.5. The smallest absolute Gasteiger partial charge is 0.407 e. The van der Waals surface area contributed by atoms with E-state index in [0.717, 1.165) is 41.8 Å². The van der Waals surface area contributed by atoms with Gasteiger partial charge in [-0.15, -0.1) is 0 Å². The molecule has 0 bridgehead atoms. The third kappa shape index (κ3) is 7.55. The third-order valence-corrected chi connectivity index (χ3v) is 6.69. The van der Waals surface area contributed by atoms with Gasteiger partial charge in [-0.25, -0.2) is 4.79 Å². The SMILES string of the molecule is C=C/C(=C\C1=C(C)OCO1)C1(C(=O)Nc2ccc(NCC(C)(C)CNC(=O)OC(C)(C)C)c(CC)c2)CC1. The summed E-state index contributed by atoms with van der Waals surface area (Å²) >= 11 is 0. The molecular formula is C30H43N3O5. The average molecular weight is 526 g/mol. The van der Waals surface area contributed by atoms with Crippen molar-refractivity contribution in [2.24, 2.45) is 10.8 Å². The minimum Gasteiger partial charge on any atom is -0.458 e. The number of hydrogen-bond donors (Lipinski definition) is 3. The van der Waals surface area contributed by atoms with Crippen LogP contribution in [-0.4, -0.2) is 37.5 Å². The molecule has 0 unspecified atom stereocenters. The maximum absolute atomic E-state index is 13.4. The molecule has 1 aliphatic heterocycles. The van der Waals surface area contributed by atoms with E-state index in [9.17, 15) is 9.59 Å². The Labute approximate surface area is 226 Å². The number of benzene rings is 1. The number of carbonyl (C=O) groups is 2. The van der Waals surface area contributed by atoms with E-state index in [0.29, 0.717) is 24.6 Å². The highest BCUT2D eigenvalue weighted by Crippen LogP contribution is 2.53. The highest BCUT2D eigenvalue weighted by atomic mass is 16.7. The molecule has 2 aliphatic rings. The molecule has 1 heterocycles. The zero-order valence-electron chi connectivity index (χ0n) is 23.9. The van der Waals surface area contributed by atoms with E-state index in [2.05, 4.69) is 43.3 Å². The van der Waals surface area contributed by atoms with E-state index < -0.39 is 17.1 Å². The molecule has 8 nitrogen and oxygen atoms in total. The van der Waals surface area contributed by atoms with E-state index in [1.807, 2.05) is 52.0 Å². The average Bonchev–Trinajstić information content (AvgIpc) is 3.55. The first-order valence-corrected chi connectivity index (χ1v) is 13.2. The van der Waals surface area contributed by atoms with Crippen molar-refractivity contribution in [3.8, 4) is 0 Å². The first-order valence-electron chi connectivity index (χ1n) is 13.2. The zero-order chi connectivity index (χ0) is 28.1. The quantitative estimate of drug-likeness (QED) is 0.294. The molecule has 0 spiro atoms. The summed E-state index contributed by atoms with van der Waals surface area (Å²) in [6.07, 6.45) is 5.51. The Hall–Kier alpha value is -3.42. The van der Waals surface area contributed by atoms with Crippen molar-refractivity contribution >= 4 is 23.4 Å². The lowest BCUT2D eigenvalue weighted by Crippen LogP contribution is -2.40. The predicted molar refractivity (Wildman–Crippen MR) is 151 cm³/mol. The number of aryl methyl sites for hydroxylation is 1. The van der Waals surface area contributed by atoms with Gasteiger partial charge in [0.2, 0.25) is 12.7 Å². The lowest BCUT2D eigenvalue weighted by molar-refractivity contribution is -0.119. The summed E-state index contributed by atoms with van der Waals surface area (Å²) in [5.74, 6) is 1.31. The second-order valence-electron chi connectivity index (χ2n) is 11.8. The van der Waals surface area contributed by atoms with Gasteiger partial charge >= 0.3 is 6.09 Å². The first-order chi connectivity index (χ1) is 17.8. The van der Waals surface area contributed by atoms with E-state index in [1.165, 1.54) is 0 Å². The number of ether oxygens (including phenoxy) is 3. The molecule has 0 radical (unpaired) electrons. The van der Waals surface area contributed by atoms with E-state index in [1.54, 1.807) is 6.08 Å². The first kappa shape index (κ1) is 29.1. The fourth-order valence-corrected chi connectivity index (χ4v) is 4.21. The van der Waals surface area contributed by atoms with Crippen LogP contribution in [0.25, 0.3) is 0 Å². The third-order valence-electron chi connectivity index (χ3n) is 6.69. The number of allylic oxidation sites excluding steroid dienone is 3. The Balaban J connectivity index is 1.63. The number of amides is 2. The summed E-state index contributed by atoms with van der Waals surface area (Å²) in [6, 6.07) is 5.92. The van der Waals surface area contributed by atoms with E-state index in [-0.39, 0.29) is 18.1 Å². The number of nitrogens with one attached hydrogen (secondary N) is 3. The Morgan fingerprint density at radius 2 is 1.84 bits per heavy atom. The summed E-state index contributed by atoms with van der Waals surface area (Å²) in [6.45, 7) is 18.9. The number of hydrogen-bond acceptors (Lipinski definition) is 6. The minimum atomic E-state index is -0.602. The fourth-order valence-electron chi connectivity index (χ4n) is 4.21. The normalized spacial score (nSPS) is 16.8. The molecule has 1 saturated carbocycles. The van der Waals surface area contributed by atoms with Crippen molar-refractivity contribution < 1.29 is 23.8 Å². The molecule has 1 aromatic carbocycles. The molecule has 3 rings (SSSR count). The second-order valence-corrected chi connectivity index (χ2v) is 11.8. The van der Waals surface area contributed by atoms with Crippen LogP contribution in [0.5, 0.6) is 0 Å². The number of rotatable bonds is 11. The Morgan fingerprint density at radius 3 is 2.39 bits per heavy atom. The van der Waals surface area contributed by atoms with Gasteiger partial charge in [-0.3, -0.25) is 4.79 Å². The van der Waals surface area contributed by atoms with Gasteiger partial charge in [0, 0.05) is 24.5 Å². The van der Waals surface area contributed by atoms with Crippen molar-refractivity contribution in [2.75, 3.05) is 30.5 Å². The maximum Gasteiger partial charge on any atom is 0.407 e. The number of anilines is 2. The van der Waals surface area contributed by atoms with Crippen LogP contribution in [0, 0.1) is 10.8 Å². The van der Waals surface area contributed by atoms with Gasteiger partial charge in [0.05, 0.1) is 5.41 Å². The topological polar surface area (TPSA) is 97.9 Å². The van der Waals surface area contributed by atoms with Crippen LogP contribution in [0.2, 0.25) is 0 Å². The zero-order valence-corrected chi connectivity index (χ0v) is 23.9. The van der Waals surface area contributed by atoms with Gasteiger partial charge in [-0.05, 0) is 87.8 Å². The Morgan fingerprint density at radius 1 is 1.13 bits per heavy atom. The van der Waals surface area contributed by atoms with Crippen LogP contribution in [-0.2, 0) is 25.4 Å². The van der Waals surface area contributed by atoms with Gasteiger partial charge in [0.1, 0.15) is 11.4 Å². The van der Waals surface area contributed by atoms with Crippen molar-refractivity contribution in [2.45, 2.75) is 73.3 Å². The minimum absolute atomic E-state index is 0.0436. The molecule has 1 aromatic rings. The number of carbonyl (C=O) groups excluding carboxylic acids is 2. The van der Waals surface area contributed by atoms with Crippen LogP contribution in [0.3, 0.4) is 0 Å². The van der Waals surface area contributed by atoms with E-state index in [4.69, 9.17) is 14.2 Å². The standard InChI is InChI=1S/C30H43N3O5/c1-9-21-15-23(11-12-24(21)31-17-29(7,8)18-32-27(35)38-28(4,5)6)33-26(34)30(13-14-30)22(10-2)16-25-20(3)36-19-37-25/h10-12,15-16,31H,2,9,13-14,17-19H2,1,3-8H3,(H,32,35)(H,33,34)/b22-16+. The Kier molecular flexibility index (Phi) is 8.85. The largest absolute Gasteiger partial charge is 0.458 e. The lowest BCUT2D eigenvalue weighted by atomic mass is 9.93. The summed E-state index contributed by atoms with van der Waals surface area (Å²) in [5.41, 5.74) is 2.36. The monoisotopic (exact) mass is 525 g/mol. The summed E-state index contributed by atoms with van der Waals surface area (Å²) in [7, 11) is 0. The van der Waals surface area contributed by atoms with Gasteiger partial charge in [0.15, 0.2) is 5.76 Å². The molecule has 8 heteroatoms. The fraction of sp³-hybridized carbons (Fsp3) is 0.533. The van der Waals surface area contributed by atoms with Crippen LogP contribution in [0.1, 0.15) is 66.9 Å².